The van der Waals surface area contributed by atoms with E-state index in [1.54, 1.807) is 11.0 Å². The van der Waals surface area contributed by atoms with Crippen molar-refractivity contribution in [3.8, 4) is 0 Å². The molecule has 1 aromatic rings. The monoisotopic (exact) mass is 279 g/mol. The number of azide groups is 1. The lowest BCUT2D eigenvalue weighted by Crippen LogP contribution is -2.25. The smallest absolute Gasteiger partial charge is 0.227 e. The standard InChI is InChI=1S/C12H14ClN5O/c1-7-2-11(10(14)4-9(7)13)18-6-8(3-12(18)19)5-16-17-15/h2,4,8H,3,5-6,14H2,1H3. The van der Waals surface area contributed by atoms with E-state index in [-0.39, 0.29) is 11.8 Å². The van der Waals surface area contributed by atoms with Crippen molar-refractivity contribution >= 4 is 28.9 Å². The highest BCUT2D eigenvalue weighted by Gasteiger charge is 2.31. The largest absolute Gasteiger partial charge is 0.397 e. The molecule has 0 radical (unpaired) electrons. The molecule has 19 heavy (non-hydrogen) atoms. The minimum Gasteiger partial charge on any atom is -0.397 e. The number of carbonyl (C=O) groups excluding carboxylic acids is 1. The number of amides is 1. The molecule has 0 aliphatic carbocycles. The van der Waals surface area contributed by atoms with Crippen LogP contribution in [-0.4, -0.2) is 19.0 Å². The molecule has 2 N–H and O–H groups in total. The van der Waals surface area contributed by atoms with Crippen LogP contribution in [0.3, 0.4) is 0 Å². The summed E-state index contributed by atoms with van der Waals surface area (Å²) in [7, 11) is 0. The summed E-state index contributed by atoms with van der Waals surface area (Å²) in [5.74, 6) is 0.0327. The van der Waals surface area contributed by atoms with Crippen molar-refractivity contribution in [3.05, 3.63) is 33.2 Å². The number of nitrogens with two attached hydrogens (primary N) is 1. The Labute approximate surface area is 115 Å². The number of rotatable bonds is 3. The molecular formula is C12H14ClN5O. The minimum absolute atomic E-state index is 0.00781. The second-order valence-electron chi connectivity index (χ2n) is 4.65. The third-order valence-corrected chi connectivity index (χ3v) is 3.61. The number of hydrogen-bond acceptors (Lipinski definition) is 3. The molecule has 0 saturated carbocycles. The highest BCUT2D eigenvalue weighted by Crippen LogP contribution is 2.33. The number of anilines is 2. The van der Waals surface area contributed by atoms with Crippen LogP contribution < -0.4 is 10.6 Å². The first-order valence-electron chi connectivity index (χ1n) is 5.89. The van der Waals surface area contributed by atoms with Crippen LogP contribution >= 0.6 is 11.6 Å². The first kappa shape index (κ1) is 13.5. The van der Waals surface area contributed by atoms with Crippen LogP contribution in [0.5, 0.6) is 0 Å². The molecule has 1 aliphatic heterocycles. The van der Waals surface area contributed by atoms with Crippen LogP contribution in [0.25, 0.3) is 10.4 Å². The van der Waals surface area contributed by atoms with Crippen LogP contribution in [0.4, 0.5) is 11.4 Å². The Morgan fingerprint density at radius 3 is 3.05 bits per heavy atom. The first-order valence-corrected chi connectivity index (χ1v) is 6.27. The van der Waals surface area contributed by atoms with E-state index in [1.165, 1.54) is 0 Å². The van der Waals surface area contributed by atoms with Gasteiger partial charge in [-0.05, 0) is 36.1 Å². The van der Waals surface area contributed by atoms with Crippen molar-refractivity contribution < 1.29 is 4.79 Å². The predicted octanol–water partition coefficient (Wildman–Crippen LogP) is 2.89. The van der Waals surface area contributed by atoms with E-state index in [4.69, 9.17) is 22.9 Å². The second-order valence-corrected chi connectivity index (χ2v) is 5.06. The molecule has 1 heterocycles. The van der Waals surface area contributed by atoms with Crippen LogP contribution in [0.1, 0.15) is 12.0 Å². The zero-order valence-electron chi connectivity index (χ0n) is 10.5. The van der Waals surface area contributed by atoms with Crippen molar-refractivity contribution in [2.45, 2.75) is 13.3 Å². The molecule has 6 nitrogen and oxygen atoms in total. The van der Waals surface area contributed by atoms with E-state index < -0.39 is 0 Å². The predicted molar refractivity (Wildman–Crippen MR) is 75.1 cm³/mol. The Morgan fingerprint density at radius 1 is 1.63 bits per heavy atom. The molecule has 1 fully saturated rings. The molecule has 0 aromatic heterocycles. The summed E-state index contributed by atoms with van der Waals surface area (Å²) in [6.45, 7) is 2.71. The van der Waals surface area contributed by atoms with Gasteiger partial charge in [0.15, 0.2) is 0 Å². The fourth-order valence-electron chi connectivity index (χ4n) is 2.20. The van der Waals surface area contributed by atoms with Gasteiger partial charge in [-0.1, -0.05) is 16.7 Å². The van der Waals surface area contributed by atoms with E-state index in [0.29, 0.717) is 35.9 Å². The number of nitrogen functional groups attached to an aromatic ring is 1. The van der Waals surface area contributed by atoms with Gasteiger partial charge >= 0.3 is 0 Å². The van der Waals surface area contributed by atoms with Gasteiger partial charge in [0.05, 0.1) is 11.4 Å². The van der Waals surface area contributed by atoms with Crippen LogP contribution in [0.15, 0.2) is 17.2 Å². The molecule has 0 spiro atoms. The fraction of sp³-hybridized carbons (Fsp3) is 0.417. The van der Waals surface area contributed by atoms with Gasteiger partial charge in [-0.3, -0.25) is 4.79 Å². The van der Waals surface area contributed by atoms with Crippen molar-refractivity contribution in [2.75, 3.05) is 23.7 Å². The highest BCUT2D eigenvalue weighted by atomic mass is 35.5. The number of carbonyl (C=O) groups is 1. The molecule has 1 aliphatic rings. The summed E-state index contributed by atoms with van der Waals surface area (Å²) < 4.78 is 0. The lowest BCUT2D eigenvalue weighted by molar-refractivity contribution is -0.117. The van der Waals surface area contributed by atoms with E-state index in [1.807, 2.05) is 13.0 Å². The molecule has 1 unspecified atom stereocenters. The highest BCUT2D eigenvalue weighted by molar-refractivity contribution is 6.31. The average molecular weight is 280 g/mol. The Kier molecular flexibility index (Phi) is 3.83. The lowest BCUT2D eigenvalue weighted by Gasteiger charge is -2.19. The van der Waals surface area contributed by atoms with Gasteiger partial charge in [-0.15, -0.1) is 0 Å². The summed E-state index contributed by atoms with van der Waals surface area (Å²) in [6.07, 6.45) is 0.375. The van der Waals surface area contributed by atoms with Gasteiger partial charge in [0.1, 0.15) is 0 Å². The summed E-state index contributed by atoms with van der Waals surface area (Å²) >= 11 is 5.99. The van der Waals surface area contributed by atoms with Crippen LogP contribution in [-0.2, 0) is 4.79 Å². The maximum atomic E-state index is 12.0. The lowest BCUT2D eigenvalue weighted by atomic mass is 10.1. The number of benzene rings is 1. The normalized spacial score (nSPS) is 18.5. The third kappa shape index (κ3) is 2.75. The van der Waals surface area contributed by atoms with Crippen molar-refractivity contribution in [1.29, 1.82) is 0 Å². The number of nitrogens with zero attached hydrogens (tertiary/aromatic N) is 4. The maximum Gasteiger partial charge on any atom is 0.227 e. The number of aryl methyl sites for hydroxylation is 1. The average Bonchev–Trinajstić information content (AvgIpc) is 2.72. The topological polar surface area (TPSA) is 95.1 Å². The van der Waals surface area contributed by atoms with E-state index in [9.17, 15) is 4.79 Å². The number of halogens is 1. The molecular weight excluding hydrogens is 266 g/mol. The van der Waals surface area contributed by atoms with E-state index in [0.717, 1.165) is 5.56 Å². The summed E-state index contributed by atoms with van der Waals surface area (Å²) in [4.78, 5) is 16.4. The minimum atomic E-state index is -0.00781. The van der Waals surface area contributed by atoms with Gasteiger partial charge in [0.2, 0.25) is 5.91 Å². The van der Waals surface area contributed by atoms with Crippen LogP contribution in [0, 0.1) is 12.8 Å². The summed E-state index contributed by atoms with van der Waals surface area (Å²) in [5.41, 5.74) is 16.3. The molecule has 0 bridgehead atoms. The molecule has 2 rings (SSSR count). The molecule has 1 aromatic carbocycles. The zero-order chi connectivity index (χ0) is 14.0. The Bertz CT molecular complexity index is 567. The van der Waals surface area contributed by atoms with E-state index >= 15 is 0 Å². The summed E-state index contributed by atoms with van der Waals surface area (Å²) in [5, 5.41) is 4.10. The van der Waals surface area contributed by atoms with Crippen LogP contribution in [0.2, 0.25) is 5.02 Å². The first-order chi connectivity index (χ1) is 9.02. The molecule has 100 valence electrons. The fourth-order valence-corrected chi connectivity index (χ4v) is 2.38. The number of hydrogen-bond donors (Lipinski definition) is 1. The Morgan fingerprint density at radius 2 is 2.37 bits per heavy atom. The molecule has 1 atom stereocenters. The van der Waals surface area contributed by atoms with Gasteiger partial charge < -0.3 is 10.6 Å². The molecule has 1 amide bonds. The van der Waals surface area contributed by atoms with Crippen molar-refractivity contribution in [2.24, 2.45) is 11.0 Å². The van der Waals surface area contributed by atoms with Crippen molar-refractivity contribution in [3.63, 3.8) is 0 Å². The quantitative estimate of drug-likeness (QED) is 0.398. The van der Waals surface area contributed by atoms with Crippen molar-refractivity contribution in [1.82, 2.24) is 0 Å². The zero-order valence-corrected chi connectivity index (χ0v) is 11.3. The second kappa shape index (κ2) is 5.38. The Balaban J connectivity index is 2.25. The van der Waals surface area contributed by atoms with Gasteiger partial charge in [-0.2, -0.15) is 0 Å². The third-order valence-electron chi connectivity index (χ3n) is 3.21. The maximum absolute atomic E-state index is 12.0. The van der Waals surface area contributed by atoms with Gasteiger partial charge in [0.25, 0.3) is 0 Å². The Hall–Kier alpha value is -1.91. The SMILES string of the molecule is Cc1cc(N2CC(CN=[N+]=[N-])CC2=O)c(N)cc1Cl. The van der Waals surface area contributed by atoms with Gasteiger partial charge in [0, 0.05) is 29.4 Å². The molecule has 1 saturated heterocycles. The molecule has 7 heteroatoms. The van der Waals surface area contributed by atoms with Gasteiger partial charge in [-0.25, -0.2) is 0 Å². The summed E-state index contributed by atoms with van der Waals surface area (Å²) in [6, 6.07) is 3.46. The van der Waals surface area contributed by atoms with E-state index in [2.05, 4.69) is 10.0 Å².